The lowest BCUT2D eigenvalue weighted by molar-refractivity contribution is -0.140. The summed E-state index contributed by atoms with van der Waals surface area (Å²) in [6, 6.07) is 20.0. The zero-order chi connectivity index (χ0) is 28.6. The minimum Gasteiger partial charge on any atom is -0.495 e. The predicted octanol–water partition coefficient (Wildman–Crippen LogP) is 4.45. The number of carbonyl (C=O) groups is 2. The Labute approximate surface area is 231 Å². The summed E-state index contributed by atoms with van der Waals surface area (Å²) in [7, 11) is -2.72. The van der Waals surface area contributed by atoms with Crippen molar-refractivity contribution in [3.63, 3.8) is 0 Å². The summed E-state index contributed by atoms with van der Waals surface area (Å²) >= 11 is 0. The minimum absolute atomic E-state index is 0.0439. The van der Waals surface area contributed by atoms with Gasteiger partial charge in [-0.2, -0.15) is 0 Å². The fourth-order valence-corrected chi connectivity index (χ4v) is 5.88. The van der Waals surface area contributed by atoms with Gasteiger partial charge in [-0.1, -0.05) is 61.0 Å². The van der Waals surface area contributed by atoms with Crippen LogP contribution < -0.4 is 14.4 Å². The molecule has 0 fully saturated rings. The van der Waals surface area contributed by atoms with Gasteiger partial charge in [-0.05, 0) is 62.6 Å². The number of hydrogen-bond donors (Lipinski definition) is 1. The van der Waals surface area contributed by atoms with Gasteiger partial charge in [0.25, 0.3) is 10.0 Å². The summed E-state index contributed by atoms with van der Waals surface area (Å²) in [6.45, 7) is 7.49. The number of nitrogens with one attached hydrogen (secondary N) is 1. The zero-order valence-electron chi connectivity index (χ0n) is 23.2. The van der Waals surface area contributed by atoms with E-state index in [0.29, 0.717) is 18.7 Å². The van der Waals surface area contributed by atoms with E-state index in [1.165, 1.54) is 24.1 Å². The maximum Gasteiger partial charge on any atom is 0.264 e. The van der Waals surface area contributed by atoms with Crippen LogP contribution in [0.4, 0.5) is 5.69 Å². The van der Waals surface area contributed by atoms with Crippen molar-refractivity contribution in [2.24, 2.45) is 0 Å². The van der Waals surface area contributed by atoms with Gasteiger partial charge in [0.15, 0.2) is 0 Å². The highest BCUT2D eigenvalue weighted by Crippen LogP contribution is 2.33. The van der Waals surface area contributed by atoms with E-state index < -0.39 is 28.5 Å². The topological polar surface area (TPSA) is 96.0 Å². The van der Waals surface area contributed by atoms with E-state index in [2.05, 4.69) is 5.32 Å². The monoisotopic (exact) mass is 551 g/mol. The highest BCUT2D eigenvalue weighted by Gasteiger charge is 2.34. The Morgan fingerprint density at radius 2 is 1.62 bits per heavy atom. The van der Waals surface area contributed by atoms with Crippen LogP contribution in [-0.4, -0.2) is 51.4 Å². The first-order chi connectivity index (χ1) is 18.6. The van der Waals surface area contributed by atoms with E-state index in [9.17, 15) is 18.0 Å². The molecule has 0 saturated heterocycles. The number of ether oxygens (including phenoxy) is 1. The number of nitrogens with zero attached hydrogens (tertiary/aromatic N) is 2. The Kier molecular flexibility index (Phi) is 10.1. The number of amides is 2. The summed E-state index contributed by atoms with van der Waals surface area (Å²) in [5.41, 5.74) is 2.91. The fourth-order valence-electron chi connectivity index (χ4n) is 4.45. The lowest BCUT2D eigenvalue weighted by Crippen LogP contribution is -2.52. The molecule has 9 heteroatoms. The number of benzene rings is 3. The molecule has 0 heterocycles. The van der Waals surface area contributed by atoms with Crippen LogP contribution in [-0.2, 0) is 26.2 Å². The summed E-state index contributed by atoms with van der Waals surface area (Å²) in [5.74, 6) is -0.474. The van der Waals surface area contributed by atoms with Gasteiger partial charge >= 0.3 is 0 Å². The van der Waals surface area contributed by atoms with Crippen molar-refractivity contribution in [3.8, 4) is 5.75 Å². The quantitative estimate of drug-likeness (QED) is 0.359. The molecule has 1 atom stereocenters. The van der Waals surface area contributed by atoms with E-state index in [1.54, 1.807) is 30.3 Å². The molecular formula is C30H37N3O5S. The molecule has 0 bridgehead atoms. The Morgan fingerprint density at radius 1 is 0.923 bits per heavy atom. The smallest absolute Gasteiger partial charge is 0.264 e. The van der Waals surface area contributed by atoms with Crippen molar-refractivity contribution < 1.29 is 22.7 Å². The molecule has 1 N–H and O–H groups in total. The molecule has 0 saturated carbocycles. The van der Waals surface area contributed by atoms with Crippen molar-refractivity contribution >= 4 is 27.5 Å². The van der Waals surface area contributed by atoms with Crippen LogP contribution in [0, 0.1) is 13.8 Å². The van der Waals surface area contributed by atoms with Gasteiger partial charge in [-0.25, -0.2) is 8.42 Å². The van der Waals surface area contributed by atoms with E-state index in [0.717, 1.165) is 21.0 Å². The number of likely N-dealkylation sites (N-methyl/N-ethyl adjacent to an activating group) is 1. The first-order valence-corrected chi connectivity index (χ1v) is 14.4. The summed E-state index contributed by atoms with van der Waals surface area (Å²) in [4.78, 5) is 28.6. The highest BCUT2D eigenvalue weighted by atomic mass is 32.2. The summed E-state index contributed by atoms with van der Waals surface area (Å²) in [5, 5.41) is 2.81. The van der Waals surface area contributed by atoms with E-state index >= 15 is 0 Å². The van der Waals surface area contributed by atoms with Gasteiger partial charge in [0.05, 0.1) is 17.7 Å². The van der Waals surface area contributed by atoms with Crippen LogP contribution in [0.25, 0.3) is 0 Å². The lowest BCUT2D eigenvalue weighted by atomic mass is 10.1. The molecule has 208 valence electrons. The summed E-state index contributed by atoms with van der Waals surface area (Å²) in [6.07, 6.45) is 0.364. The van der Waals surface area contributed by atoms with E-state index in [-0.39, 0.29) is 23.0 Å². The van der Waals surface area contributed by atoms with Crippen molar-refractivity contribution in [3.05, 3.63) is 89.5 Å². The predicted molar refractivity (Wildman–Crippen MR) is 153 cm³/mol. The van der Waals surface area contributed by atoms with Crippen LogP contribution >= 0.6 is 0 Å². The van der Waals surface area contributed by atoms with Crippen LogP contribution in [0.2, 0.25) is 0 Å². The molecule has 3 rings (SSSR count). The van der Waals surface area contributed by atoms with Gasteiger partial charge in [0, 0.05) is 13.1 Å². The Morgan fingerprint density at radius 3 is 2.23 bits per heavy atom. The molecule has 3 aromatic carbocycles. The van der Waals surface area contributed by atoms with Gasteiger partial charge in [-0.15, -0.1) is 0 Å². The molecule has 0 aliphatic rings. The molecule has 0 unspecified atom stereocenters. The third-order valence-electron chi connectivity index (χ3n) is 6.39. The Hall–Kier alpha value is -3.85. The molecule has 0 spiro atoms. The SMILES string of the molecule is CCNC(=O)[C@H](CC)N(Cc1cccc(C)c1)C(=O)CN(c1cc(C)ccc1OC)S(=O)(=O)c1ccccc1. The number of aryl methyl sites for hydroxylation is 2. The Bertz CT molecular complexity index is 1390. The first-order valence-electron chi connectivity index (χ1n) is 13.0. The van der Waals surface area contributed by atoms with E-state index in [4.69, 9.17) is 4.74 Å². The average Bonchev–Trinajstić information content (AvgIpc) is 2.92. The maximum atomic E-state index is 14.1. The number of sulfonamides is 1. The van der Waals surface area contributed by atoms with Crippen LogP contribution in [0.15, 0.2) is 77.7 Å². The van der Waals surface area contributed by atoms with Gasteiger partial charge in [-0.3, -0.25) is 13.9 Å². The van der Waals surface area contributed by atoms with Gasteiger partial charge in [0.1, 0.15) is 18.3 Å². The van der Waals surface area contributed by atoms with Crippen molar-refractivity contribution in [1.29, 1.82) is 0 Å². The highest BCUT2D eigenvalue weighted by molar-refractivity contribution is 7.92. The number of carbonyl (C=O) groups excluding carboxylic acids is 2. The van der Waals surface area contributed by atoms with Crippen molar-refractivity contribution in [1.82, 2.24) is 10.2 Å². The second kappa shape index (κ2) is 13.3. The van der Waals surface area contributed by atoms with Crippen molar-refractivity contribution in [2.75, 3.05) is 24.5 Å². The first kappa shape index (κ1) is 29.7. The molecule has 39 heavy (non-hydrogen) atoms. The maximum absolute atomic E-state index is 14.1. The number of anilines is 1. The standard InChI is InChI=1S/C30H37N3O5S/c1-6-26(30(35)31-7-2)32(20-24-13-11-12-22(3)18-24)29(34)21-33(27-19-23(4)16-17-28(27)38-5)39(36,37)25-14-9-8-10-15-25/h8-19,26H,6-7,20-21H2,1-5H3,(H,31,35)/t26-/m0/s1. The number of rotatable bonds is 12. The minimum atomic E-state index is -4.17. The molecule has 2 amide bonds. The molecule has 0 aliphatic carbocycles. The molecular weight excluding hydrogens is 514 g/mol. The van der Waals surface area contributed by atoms with Crippen LogP contribution in [0.5, 0.6) is 5.75 Å². The molecule has 0 radical (unpaired) electrons. The molecule has 3 aromatic rings. The van der Waals surface area contributed by atoms with Crippen molar-refractivity contribution in [2.45, 2.75) is 51.6 Å². The summed E-state index contributed by atoms with van der Waals surface area (Å²) < 4.78 is 34.5. The van der Waals surface area contributed by atoms with Crippen LogP contribution in [0.1, 0.15) is 37.0 Å². The fraction of sp³-hybridized carbons (Fsp3) is 0.333. The van der Waals surface area contributed by atoms with E-state index in [1.807, 2.05) is 58.0 Å². The largest absolute Gasteiger partial charge is 0.495 e. The normalized spacial score (nSPS) is 11.9. The molecule has 0 aromatic heterocycles. The Balaban J connectivity index is 2.12. The second-order valence-electron chi connectivity index (χ2n) is 9.33. The average molecular weight is 552 g/mol. The van der Waals surface area contributed by atoms with Gasteiger partial charge < -0.3 is 15.0 Å². The van der Waals surface area contributed by atoms with Crippen LogP contribution in [0.3, 0.4) is 0 Å². The third kappa shape index (κ3) is 7.17. The zero-order valence-corrected chi connectivity index (χ0v) is 24.0. The van der Waals surface area contributed by atoms with Gasteiger partial charge in [0.2, 0.25) is 11.8 Å². The molecule has 0 aliphatic heterocycles. The number of methoxy groups -OCH3 is 1. The number of hydrogen-bond acceptors (Lipinski definition) is 5. The second-order valence-corrected chi connectivity index (χ2v) is 11.2. The lowest BCUT2D eigenvalue weighted by Gasteiger charge is -2.33. The third-order valence-corrected chi connectivity index (χ3v) is 8.16. The molecule has 8 nitrogen and oxygen atoms in total.